The largest absolute Gasteiger partial charge is 0.496 e. The first-order valence-electron chi connectivity index (χ1n) is 6.67. The van der Waals surface area contributed by atoms with Gasteiger partial charge in [0.25, 0.3) is 0 Å². The SMILES string of the molecule is CCOC(C)(CC)C(NC)c1cc(F)ccc1OC. The monoisotopic (exact) mass is 269 g/mol. The molecular formula is C15H24FNO2. The second kappa shape index (κ2) is 6.87. The first kappa shape index (κ1) is 15.9. The Balaban J connectivity index is 3.25. The highest BCUT2D eigenvalue weighted by atomic mass is 19.1. The Morgan fingerprint density at radius 3 is 2.53 bits per heavy atom. The Morgan fingerprint density at radius 2 is 2.05 bits per heavy atom. The molecule has 2 unspecified atom stereocenters. The molecule has 108 valence electrons. The molecule has 0 radical (unpaired) electrons. The molecule has 1 aromatic carbocycles. The summed E-state index contributed by atoms with van der Waals surface area (Å²) in [6.45, 7) is 6.66. The van der Waals surface area contributed by atoms with Gasteiger partial charge in [-0.3, -0.25) is 0 Å². The predicted octanol–water partition coefficient (Wildman–Crippen LogP) is 3.30. The summed E-state index contributed by atoms with van der Waals surface area (Å²) < 4.78 is 24.8. The van der Waals surface area contributed by atoms with Gasteiger partial charge in [-0.2, -0.15) is 0 Å². The second-order valence-corrected chi connectivity index (χ2v) is 4.71. The molecule has 0 aliphatic carbocycles. The summed E-state index contributed by atoms with van der Waals surface area (Å²) in [6.07, 6.45) is 0.812. The van der Waals surface area contributed by atoms with Crippen LogP contribution in [0, 0.1) is 5.82 Å². The minimum Gasteiger partial charge on any atom is -0.496 e. The van der Waals surface area contributed by atoms with Gasteiger partial charge in [-0.15, -0.1) is 0 Å². The van der Waals surface area contributed by atoms with Crippen LogP contribution in [0.4, 0.5) is 4.39 Å². The van der Waals surface area contributed by atoms with Crippen LogP contribution in [-0.2, 0) is 4.74 Å². The van der Waals surface area contributed by atoms with E-state index in [0.29, 0.717) is 12.4 Å². The lowest BCUT2D eigenvalue weighted by atomic mass is 9.87. The maximum Gasteiger partial charge on any atom is 0.123 e. The molecule has 3 nitrogen and oxygen atoms in total. The molecule has 2 atom stereocenters. The van der Waals surface area contributed by atoms with Gasteiger partial charge in [0, 0.05) is 12.2 Å². The van der Waals surface area contributed by atoms with Crippen molar-refractivity contribution in [2.75, 3.05) is 20.8 Å². The Kier molecular flexibility index (Phi) is 5.76. The molecule has 1 N–H and O–H groups in total. The van der Waals surface area contributed by atoms with Crippen molar-refractivity contribution in [2.24, 2.45) is 0 Å². The zero-order valence-corrected chi connectivity index (χ0v) is 12.4. The molecule has 4 heteroatoms. The predicted molar refractivity (Wildman–Crippen MR) is 75.1 cm³/mol. The number of hydrogen-bond acceptors (Lipinski definition) is 3. The van der Waals surface area contributed by atoms with E-state index >= 15 is 0 Å². The molecule has 0 amide bonds. The van der Waals surface area contributed by atoms with Crippen LogP contribution < -0.4 is 10.1 Å². The van der Waals surface area contributed by atoms with E-state index in [4.69, 9.17) is 9.47 Å². The van der Waals surface area contributed by atoms with Crippen LogP contribution in [0.25, 0.3) is 0 Å². The topological polar surface area (TPSA) is 30.5 Å². The zero-order valence-electron chi connectivity index (χ0n) is 12.4. The number of ether oxygens (including phenoxy) is 2. The molecule has 19 heavy (non-hydrogen) atoms. The van der Waals surface area contributed by atoms with E-state index in [1.807, 2.05) is 20.9 Å². The van der Waals surface area contributed by atoms with E-state index in [1.54, 1.807) is 13.2 Å². The lowest BCUT2D eigenvalue weighted by Gasteiger charge is -2.37. The van der Waals surface area contributed by atoms with Gasteiger partial charge in [-0.25, -0.2) is 4.39 Å². The third kappa shape index (κ3) is 3.45. The van der Waals surface area contributed by atoms with Crippen molar-refractivity contribution in [2.45, 2.75) is 38.8 Å². The van der Waals surface area contributed by atoms with Gasteiger partial charge in [-0.05, 0) is 45.5 Å². The number of benzene rings is 1. The van der Waals surface area contributed by atoms with E-state index in [9.17, 15) is 4.39 Å². The van der Waals surface area contributed by atoms with Crippen LogP contribution in [0.3, 0.4) is 0 Å². The summed E-state index contributed by atoms with van der Waals surface area (Å²) in [6, 6.07) is 4.42. The molecule has 0 aliphatic rings. The Bertz CT molecular complexity index is 411. The summed E-state index contributed by atoms with van der Waals surface area (Å²) >= 11 is 0. The summed E-state index contributed by atoms with van der Waals surface area (Å²) in [5, 5.41) is 3.22. The highest BCUT2D eigenvalue weighted by Gasteiger charge is 2.35. The Morgan fingerprint density at radius 1 is 1.37 bits per heavy atom. The fraction of sp³-hybridized carbons (Fsp3) is 0.600. The first-order chi connectivity index (χ1) is 9.02. The van der Waals surface area contributed by atoms with Crippen LogP contribution in [0.5, 0.6) is 5.75 Å². The Labute approximate surface area is 115 Å². The fourth-order valence-electron chi connectivity index (χ4n) is 2.44. The maximum absolute atomic E-state index is 13.5. The molecule has 1 aromatic rings. The van der Waals surface area contributed by atoms with Gasteiger partial charge in [0.1, 0.15) is 11.6 Å². The number of halogens is 1. The molecular weight excluding hydrogens is 245 g/mol. The fourth-order valence-corrected chi connectivity index (χ4v) is 2.44. The van der Waals surface area contributed by atoms with Crippen LogP contribution in [0.1, 0.15) is 38.8 Å². The van der Waals surface area contributed by atoms with Gasteiger partial charge in [-0.1, -0.05) is 6.92 Å². The number of methoxy groups -OCH3 is 1. The van der Waals surface area contributed by atoms with Crippen molar-refractivity contribution in [3.63, 3.8) is 0 Å². The maximum atomic E-state index is 13.5. The third-order valence-corrected chi connectivity index (χ3v) is 3.58. The highest BCUT2D eigenvalue weighted by Crippen LogP contribution is 2.36. The van der Waals surface area contributed by atoms with Crippen molar-refractivity contribution < 1.29 is 13.9 Å². The molecule has 0 saturated heterocycles. The lowest BCUT2D eigenvalue weighted by Crippen LogP contribution is -2.42. The smallest absolute Gasteiger partial charge is 0.123 e. The van der Waals surface area contributed by atoms with Crippen molar-refractivity contribution in [1.29, 1.82) is 0 Å². The van der Waals surface area contributed by atoms with Crippen LogP contribution in [-0.4, -0.2) is 26.4 Å². The van der Waals surface area contributed by atoms with Crippen LogP contribution in [0.15, 0.2) is 18.2 Å². The van der Waals surface area contributed by atoms with Gasteiger partial charge in [0.05, 0.1) is 18.8 Å². The first-order valence-corrected chi connectivity index (χ1v) is 6.67. The lowest BCUT2D eigenvalue weighted by molar-refractivity contribution is -0.0551. The number of nitrogens with one attached hydrogen (secondary N) is 1. The van der Waals surface area contributed by atoms with E-state index in [1.165, 1.54) is 12.1 Å². The summed E-state index contributed by atoms with van der Waals surface area (Å²) in [5.41, 5.74) is 0.368. The van der Waals surface area contributed by atoms with E-state index in [-0.39, 0.29) is 11.9 Å². The normalized spacial score (nSPS) is 15.9. The molecule has 0 heterocycles. The molecule has 0 bridgehead atoms. The molecule has 1 rings (SSSR count). The summed E-state index contributed by atoms with van der Waals surface area (Å²) in [7, 11) is 3.44. The summed E-state index contributed by atoms with van der Waals surface area (Å²) in [5.74, 6) is 0.395. The van der Waals surface area contributed by atoms with Gasteiger partial charge in [0.15, 0.2) is 0 Å². The van der Waals surface area contributed by atoms with E-state index < -0.39 is 5.60 Å². The molecule has 0 aromatic heterocycles. The van der Waals surface area contributed by atoms with Crippen molar-refractivity contribution in [3.05, 3.63) is 29.6 Å². The number of likely N-dealkylation sites (N-methyl/N-ethyl adjacent to an activating group) is 1. The molecule has 0 spiro atoms. The quantitative estimate of drug-likeness (QED) is 0.824. The average molecular weight is 269 g/mol. The van der Waals surface area contributed by atoms with Gasteiger partial charge < -0.3 is 14.8 Å². The molecule has 0 aliphatic heterocycles. The van der Waals surface area contributed by atoms with Crippen molar-refractivity contribution in [1.82, 2.24) is 5.32 Å². The van der Waals surface area contributed by atoms with Crippen LogP contribution in [0.2, 0.25) is 0 Å². The number of hydrogen-bond donors (Lipinski definition) is 1. The van der Waals surface area contributed by atoms with E-state index in [2.05, 4.69) is 12.2 Å². The molecule has 0 fully saturated rings. The highest BCUT2D eigenvalue weighted by molar-refractivity contribution is 5.38. The summed E-state index contributed by atoms with van der Waals surface area (Å²) in [4.78, 5) is 0. The van der Waals surface area contributed by atoms with Crippen LogP contribution >= 0.6 is 0 Å². The zero-order chi connectivity index (χ0) is 14.5. The minimum atomic E-state index is -0.412. The average Bonchev–Trinajstić information content (AvgIpc) is 2.40. The third-order valence-electron chi connectivity index (χ3n) is 3.58. The van der Waals surface area contributed by atoms with Crippen molar-refractivity contribution in [3.8, 4) is 5.75 Å². The standard InChI is InChI=1S/C15H24FNO2/c1-6-15(3,19-7-2)14(17-4)12-10-11(16)8-9-13(12)18-5/h8-10,14,17H,6-7H2,1-5H3. The minimum absolute atomic E-state index is 0.136. The number of rotatable bonds is 7. The van der Waals surface area contributed by atoms with Crippen molar-refractivity contribution >= 4 is 0 Å². The molecule has 0 saturated carbocycles. The van der Waals surface area contributed by atoms with Gasteiger partial charge in [0.2, 0.25) is 0 Å². The van der Waals surface area contributed by atoms with Gasteiger partial charge >= 0.3 is 0 Å². The van der Waals surface area contributed by atoms with E-state index in [0.717, 1.165) is 12.0 Å². The second-order valence-electron chi connectivity index (χ2n) is 4.71. The Hall–Kier alpha value is -1.13.